The Morgan fingerprint density at radius 2 is 1.24 bits per heavy atom. The summed E-state index contributed by atoms with van der Waals surface area (Å²) >= 11 is 0. The van der Waals surface area contributed by atoms with E-state index in [-0.39, 0.29) is 5.92 Å². The van der Waals surface area contributed by atoms with Gasteiger partial charge in [-0.1, -0.05) is 71.1 Å². The molecule has 2 aliphatic rings. The molecule has 0 radical (unpaired) electrons. The van der Waals surface area contributed by atoms with Crippen molar-refractivity contribution in [1.29, 1.82) is 0 Å². The lowest BCUT2D eigenvalue weighted by atomic mass is 9.68. The molecule has 25 heavy (non-hydrogen) atoms. The van der Waals surface area contributed by atoms with Crippen LogP contribution in [0.2, 0.25) is 0 Å². The summed E-state index contributed by atoms with van der Waals surface area (Å²) in [5.74, 6) is 2.85. The van der Waals surface area contributed by atoms with Gasteiger partial charge in [0.2, 0.25) is 0 Å². The highest BCUT2D eigenvalue weighted by atomic mass is 19.3. The van der Waals surface area contributed by atoms with Gasteiger partial charge < -0.3 is 0 Å². The molecule has 0 unspecified atom stereocenters. The van der Waals surface area contributed by atoms with Gasteiger partial charge in [-0.3, -0.25) is 0 Å². The van der Waals surface area contributed by atoms with Gasteiger partial charge in [0, 0.05) is 0 Å². The first kappa shape index (κ1) is 20.9. The van der Waals surface area contributed by atoms with Gasteiger partial charge in [-0.25, -0.2) is 0 Å². The van der Waals surface area contributed by atoms with E-state index >= 15 is 0 Å². The molecule has 2 fully saturated rings. The third kappa shape index (κ3) is 8.22. The molecule has 0 aromatic carbocycles. The summed E-state index contributed by atoms with van der Waals surface area (Å²) in [4.78, 5) is 0. The number of rotatable bonds is 10. The largest absolute Gasteiger partial charge is 0.266 e. The fourth-order valence-electron chi connectivity index (χ4n) is 5.30. The van der Waals surface area contributed by atoms with Crippen molar-refractivity contribution in [2.45, 2.75) is 110 Å². The SMILES string of the molecule is CCCCCCCCCC1CCC(C2CCC(C=C(F)F)CC2)CC1. The van der Waals surface area contributed by atoms with Crippen LogP contribution in [0.15, 0.2) is 12.2 Å². The summed E-state index contributed by atoms with van der Waals surface area (Å²) in [5.41, 5.74) is 0. The predicted octanol–water partition coefficient (Wildman–Crippen LogP) is 8.52. The average molecular weight is 355 g/mol. The summed E-state index contributed by atoms with van der Waals surface area (Å²) in [6.45, 7) is 2.28. The predicted molar refractivity (Wildman–Crippen MR) is 104 cm³/mol. The van der Waals surface area contributed by atoms with Crippen LogP contribution in [0.4, 0.5) is 8.78 Å². The first-order valence-corrected chi connectivity index (χ1v) is 11.2. The molecule has 2 rings (SSSR count). The van der Waals surface area contributed by atoms with Crippen LogP contribution in [-0.4, -0.2) is 0 Å². The van der Waals surface area contributed by atoms with Crippen LogP contribution in [0.25, 0.3) is 0 Å². The van der Waals surface area contributed by atoms with E-state index < -0.39 is 6.08 Å². The molecule has 2 saturated carbocycles. The van der Waals surface area contributed by atoms with Gasteiger partial charge in [-0.05, 0) is 68.3 Å². The smallest absolute Gasteiger partial charge is 0.174 e. The highest BCUT2D eigenvalue weighted by Gasteiger charge is 2.30. The monoisotopic (exact) mass is 354 g/mol. The Bertz CT molecular complexity index is 356. The van der Waals surface area contributed by atoms with Crippen LogP contribution in [-0.2, 0) is 0 Å². The molecule has 0 aromatic heterocycles. The van der Waals surface area contributed by atoms with Gasteiger partial charge in [0.05, 0.1) is 0 Å². The van der Waals surface area contributed by atoms with Gasteiger partial charge in [0.15, 0.2) is 0 Å². The second kappa shape index (κ2) is 12.1. The van der Waals surface area contributed by atoms with Gasteiger partial charge in [0.25, 0.3) is 6.08 Å². The van der Waals surface area contributed by atoms with Gasteiger partial charge in [-0.15, -0.1) is 0 Å². The molecule has 0 aliphatic heterocycles. The van der Waals surface area contributed by atoms with Crippen LogP contribution in [0, 0.1) is 23.7 Å². The highest BCUT2D eigenvalue weighted by Crippen LogP contribution is 2.42. The minimum absolute atomic E-state index is 0.148. The zero-order valence-electron chi connectivity index (χ0n) is 16.5. The van der Waals surface area contributed by atoms with E-state index in [1.165, 1.54) is 96.0 Å². The number of unbranched alkanes of at least 4 members (excludes halogenated alkanes) is 6. The normalized spacial score (nSPS) is 30.2. The molecule has 146 valence electrons. The molecule has 0 saturated heterocycles. The van der Waals surface area contributed by atoms with Gasteiger partial charge >= 0.3 is 0 Å². The zero-order chi connectivity index (χ0) is 17.9. The van der Waals surface area contributed by atoms with Crippen LogP contribution < -0.4 is 0 Å². The topological polar surface area (TPSA) is 0 Å². The molecular formula is C23H40F2. The van der Waals surface area contributed by atoms with Crippen molar-refractivity contribution in [3.05, 3.63) is 12.2 Å². The van der Waals surface area contributed by atoms with Crippen LogP contribution in [0.5, 0.6) is 0 Å². The lowest BCUT2D eigenvalue weighted by Crippen LogP contribution is -2.25. The van der Waals surface area contributed by atoms with Crippen molar-refractivity contribution in [1.82, 2.24) is 0 Å². The third-order valence-corrected chi connectivity index (χ3v) is 6.95. The number of allylic oxidation sites excluding steroid dienone is 1. The van der Waals surface area contributed by atoms with Crippen molar-refractivity contribution in [3.63, 3.8) is 0 Å². The van der Waals surface area contributed by atoms with Crippen LogP contribution in [0.3, 0.4) is 0 Å². The molecule has 0 spiro atoms. The third-order valence-electron chi connectivity index (χ3n) is 6.95. The fraction of sp³-hybridized carbons (Fsp3) is 0.913. The Labute approximate surface area is 154 Å². The minimum atomic E-state index is -1.48. The van der Waals surface area contributed by atoms with E-state index in [4.69, 9.17) is 0 Å². The van der Waals surface area contributed by atoms with E-state index in [0.29, 0.717) is 0 Å². The molecule has 0 N–H and O–H groups in total. The molecule has 0 bridgehead atoms. The maximum atomic E-state index is 12.4. The summed E-state index contributed by atoms with van der Waals surface area (Å²) in [7, 11) is 0. The quantitative estimate of drug-likeness (QED) is 0.345. The van der Waals surface area contributed by atoms with Crippen molar-refractivity contribution >= 4 is 0 Å². The number of hydrogen-bond acceptors (Lipinski definition) is 0. The molecular weight excluding hydrogens is 314 g/mol. The van der Waals surface area contributed by atoms with E-state index in [2.05, 4.69) is 6.92 Å². The van der Waals surface area contributed by atoms with Crippen LogP contribution >= 0.6 is 0 Å². The standard InChI is InChI=1S/C23H40F2/c1-2-3-4-5-6-7-8-9-19-10-14-21(15-11-19)22-16-12-20(13-17-22)18-23(24)25/h18-22H,2-17H2,1H3. The number of halogens is 2. The summed E-state index contributed by atoms with van der Waals surface area (Å²) in [6, 6.07) is 0. The molecule has 2 aliphatic carbocycles. The first-order valence-electron chi connectivity index (χ1n) is 11.2. The molecule has 0 atom stereocenters. The maximum Gasteiger partial charge on any atom is 0.266 e. The molecule has 0 aromatic rings. The summed E-state index contributed by atoms with van der Waals surface area (Å²) in [5, 5.41) is 0. The lowest BCUT2D eigenvalue weighted by Gasteiger charge is -2.37. The second-order valence-electron chi connectivity index (χ2n) is 8.82. The molecule has 0 nitrogen and oxygen atoms in total. The van der Waals surface area contributed by atoms with Crippen molar-refractivity contribution in [2.24, 2.45) is 23.7 Å². The van der Waals surface area contributed by atoms with Crippen LogP contribution in [0.1, 0.15) is 110 Å². The number of hydrogen-bond donors (Lipinski definition) is 0. The minimum Gasteiger partial charge on any atom is -0.174 e. The first-order chi connectivity index (χ1) is 12.2. The van der Waals surface area contributed by atoms with Crippen molar-refractivity contribution < 1.29 is 8.78 Å². The fourth-order valence-corrected chi connectivity index (χ4v) is 5.30. The van der Waals surface area contributed by atoms with E-state index in [1.54, 1.807) is 0 Å². The Hall–Kier alpha value is -0.400. The molecule has 0 heterocycles. The maximum absolute atomic E-state index is 12.4. The Morgan fingerprint density at radius 3 is 1.80 bits per heavy atom. The zero-order valence-corrected chi connectivity index (χ0v) is 16.5. The van der Waals surface area contributed by atoms with E-state index in [9.17, 15) is 8.78 Å². The van der Waals surface area contributed by atoms with Gasteiger partial charge in [-0.2, -0.15) is 8.78 Å². The van der Waals surface area contributed by atoms with Crippen molar-refractivity contribution in [2.75, 3.05) is 0 Å². The summed E-state index contributed by atoms with van der Waals surface area (Å²) in [6.07, 6.45) is 21.1. The van der Waals surface area contributed by atoms with E-state index in [0.717, 1.165) is 30.6 Å². The Balaban J connectivity index is 1.52. The lowest BCUT2D eigenvalue weighted by molar-refractivity contribution is 0.150. The van der Waals surface area contributed by atoms with Gasteiger partial charge in [0.1, 0.15) is 0 Å². The molecule has 2 heteroatoms. The summed E-state index contributed by atoms with van der Waals surface area (Å²) < 4.78 is 24.8. The average Bonchev–Trinajstić information content (AvgIpc) is 2.62. The Morgan fingerprint density at radius 1 is 0.720 bits per heavy atom. The Kier molecular flexibility index (Phi) is 10.1. The van der Waals surface area contributed by atoms with E-state index in [1.807, 2.05) is 0 Å². The highest BCUT2D eigenvalue weighted by molar-refractivity contribution is 4.92. The second-order valence-corrected chi connectivity index (χ2v) is 8.82. The molecule has 0 amide bonds. The van der Waals surface area contributed by atoms with Crippen molar-refractivity contribution in [3.8, 4) is 0 Å².